The van der Waals surface area contributed by atoms with Gasteiger partial charge in [-0.3, -0.25) is 19.6 Å². The molecule has 0 spiro atoms. The van der Waals surface area contributed by atoms with Gasteiger partial charge in [-0.25, -0.2) is 23.1 Å². The molecule has 270 valence electrons. The van der Waals surface area contributed by atoms with Gasteiger partial charge >= 0.3 is 0 Å². The molecule has 53 heavy (non-hydrogen) atoms. The van der Waals surface area contributed by atoms with Crippen LogP contribution in [0.5, 0.6) is 0 Å². The monoisotopic (exact) mass is 720 g/mol. The molecule has 6 heterocycles. The molecule has 2 fully saturated rings. The molecule has 2 saturated heterocycles. The largest absolute Gasteiger partial charge is 0.448 e. The molecule has 0 aliphatic carbocycles. The van der Waals surface area contributed by atoms with Gasteiger partial charge in [0.05, 0.1) is 23.2 Å². The summed E-state index contributed by atoms with van der Waals surface area (Å²) < 4.78 is 50.9. The van der Waals surface area contributed by atoms with Gasteiger partial charge < -0.3 is 18.6 Å². The second-order valence-corrected chi connectivity index (χ2v) is 12.9. The van der Waals surface area contributed by atoms with Crippen LogP contribution in [0.25, 0.3) is 22.8 Å². The predicted molar refractivity (Wildman–Crippen MR) is 188 cm³/mol. The average molecular weight is 721 g/mol. The molecule has 0 radical (unpaired) electrons. The lowest BCUT2D eigenvalue weighted by atomic mass is 9.97. The van der Waals surface area contributed by atoms with Crippen molar-refractivity contribution in [1.82, 2.24) is 29.7 Å². The second kappa shape index (κ2) is 16.1. The summed E-state index contributed by atoms with van der Waals surface area (Å²) in [7, 11) is 0. The van der Waals surface area contributed by atoms with Crippen LogP contribution in [-0.4, -0.2) is 67.7 Å². The van der Waals surface area contributed by atoms with Crippen molar-refractivity contribution in [2.45, 2.75) is 37.5 Å². The van der Waals surface area contributed by atoms with Crippen molar-refractivity contribution in [3.8, 4) is 22.8 Å². The molecular weight excluding hydrogens is 685 g/mol. The van der Waals surface area contributed by atoms with E-state index in [1.165, 1.54) is 30.3 Å². The number of rotatable bonds is 6. The number of nitrogens with zero attached hydrogens (tertiary/aromatic N) is 6. The van der Waals surface area contributed by atoms with E-state index in [9.17, 15) is 22.8 Å². The number of carbonyl (C=O) groups is 2. The molecule has 10 nitrogen and oxygen atoms in total. The lowest BCUT2D eigenvalue weighted by Crippen LogP contribution is -2.39. The minimum absolute atomic E-state index is 0.0469. The Labute approximate surface area is 303 Å². The number of pyridine rings is 2. The van der Waals surface area contributed by atoms with Crippen LogP contribution in [0.2, 0.25) is 0 Å². The van der Waals surface area contributed by atoms with Crippen molar-refractivity contribution < 1.29 is 31.6 Å². The Morgan fingerprint density at radius 1 is 0.604 bits per heavy atom. The highest BCUT2D eigenvalue weighted by Gasteiger charge is 2.30. The summed E-state index contributed by atoms with van der Waals surface area (Å²) in [6, 6.07) is 20.0. The average Bonchev–Trinajstić information content (AvgIpc) is 3.92. The maximum absolute atomic E-state index is 13.4. The molecule has 6 aromatic rings. The molecule has 2 aliphatic heterocycles. The van der Waals surface area contributed by atoms with Gasteiger partial charge in [0.25, 0.3) is 11.8 Å². The van der Waals surface area contributed by atoms with Crippen LogP contribution in [-0.2, 0) is 0 Å². The van der Waals surface area contributed by atoms with Gasteiger partial charge in [-0.2, -0.15) is 0 Å². The number of oxazole rings is 2. The van der Waals surface area contributed by atoms with Crippen molar-refractivity contribution in [3.63, 3.8) is 0 Å². The van der Waals surface area contributed by atoms with Crippen LogP contribution in [0, 0.1) is 17.5 Å². The molecule has 2 aliphatic rings. The maximum Gasteiger partial charge on any atom is 0.253 e. The Morgan fingerprint density at radius 3 is 1.60 bits per heavy atom. The summed E-state index contributed by atoms with van der Waals surface area (Å²) in [6.45, 7) is 2.20. The maximum atomic E-state index is 13.4. The molecule has 0 unspecified atom stereocenters. The van der Waals surface area contributed by atoms with Crippen LogP contribution in [0.1, 0.15) is 70.0 Å². The fourth-order valence-corrected chi connectivity index (χ4v) is 6.53. The van der Waals surface area contributed by atoms with Crippen molar-refractivity contribution in [1.29, 1.82) is 0 Å². The minimum atomic E-state index is -1.03. The Kier molecular flexibility index (Phi) is 10.7. The quantitative estimate of drug-likeness (QED) is 0.170. The third kappa shape index (κ3) is 8.35. The first-order valence-electron chi connectivity index (χ1n) is 17.3. The second-order valence-electron chi connectivity index (χ2n) is 12.9. The summed E-state index contributed by atoms with van der Waals surface area (Å²) in [5.41, 5.74) is 3.46. The number of halogens is 3. The van der Waals surface area contributed by atoms with Crippen LogP contribution in [0.4, 0.5) is 13.2 Å². The van der Waals surface area contributed by atoms with E-state index in [4.69, 9.17) is 8.83 Å². The van der Waals surface area contributed by atoms with Gasteiger partial charge in [0.1, 0.15) is 29.7 Å². The topological polar surface area (TPSA) is 118 Å². The summed E-state index contributed by atoms with van der Waals surface area (Å²) in [5, 5.41) is 0. The SMILES string of the molecule is O=C(c1ccc(F)c(F)c1)N1CCC[C@H](c2nc(-c3ccccn3)co2)C1.O=C(c1ccc(F)cc1)N1CCC[C@H](c2nc(-c3ccccn3)co2)C1. The molecular formula is C40H35F3N6O4. The number of amides is 2. The first-order chi connectivity index (χ1) is 25.8. The number of hydrogen-bond donors (Lipinski definition) is 0. The van der Waals surface area contributed by atoms with E-state index < -0.39 is 11.6 Å². The highest BCUT2D eigenvalue weighted by Crippen LogP contribution is 2.31. The van der Waals surface area contributed by atoms with Gasteiger partial charge in [0.2, 0.25) is 0 Å². The summed E-state index contributed by atoms with van der Waals surface area (Å²) in [4.78, 5) is 46.3. The first-order valence-corrected chi connectivity index (χ1v) is 17.3. The zero-order valence-corrected chi connectivity index (χ0v) is 28.6. The highest BCUT2D eigenvalue weighted by atomic mass is 19.2. The minimum Gasteiger partial charge on any atom is -0.448 e. The summed E-state index contributed by atoms with van der Waals surface area (Å²) in [5.74, 6) is -1.58. The number of benzene rings is 2. The van der Waals surface area contributed by atoms with E-state index in [-0.39, 0.29) is 35.0 Å². The summed E-state index contributed by atoms with van der Waals surface area (Å²) in [6.07, 6.45) is 9.98. The molecule has 2 atom stereocenters. The number of likely N-dealkylation sites (tertiary alicyclic amines) is 2. The Hall–Kier alpha value is -6.11. The Bertz CT molecular complexity index is 2160. The molecule has 8 rings (SSSR count). The van der Waals surface area contributed by atoms with Crippen molar-refractivity contribution in [2.75, 3.05) is 26.2 Å². The lowest BCUT2D eigenvalue weighted by Gasteiger charge is -2.31. The zero-order chi connectivity index (χ0) is 36.7. The fourth-order valence-electron chi connectivity index (χ4n) is 6.53. The molecule has 0 N–H and O–H groups in total. The van der Waals surface area contributed by atoms with Gasteiger partial charge in [-0.15, -0.1) is 0 Å². The van der Waals surface area contributed by atoms with Crippen LogP contribution in [0.3, 0.4) is 0 Å². The predicted octanol–water partition coefficient (Wildman–Crippen LogP) is 7.93. The number of aromatic nitrogens is 4. The Morgan fingerprint density at radius 2 is 1.11 bits per heavy atom. The van der Waals surface area contributed by atoms with Gasteiger partial charge in [0.15, 0.2) is 23.4 Å². The van der Waals surface area contributed by atoms with E-state index >= 15 is 0 Å². The van der Waals surface area contributed by atoms with Crippen molar-refractivity contribution in [3.05, 3.63) is 144 Å². The van der Waals surface area contributed by atoms with Gasteiger partial charge in [-0.1, -0.05) is 12.1 Å². The van der Waals surface area contributed by atoms with Crippen LogP contribution in [0.15, 0.2) is 113 Å². The van der Waals surface area contributed by atoms with Crippen molar-refractivity contribution in [2.24, 2.45) is 0 Å². The van der Waals surface area contributed by atoms with E-state index in [2.05, 4.69) is 19.9 Å². The van der Waals surface area contributed by atoms with E-state index in [0.717, 1.165) is 49.2 Å². The van der Waals surface area contributed by atoms with Gasteiger partial charge in [-0.05, 0) is 92.4 Å². The summed E-state index contributed by atoms with van der Waals surface area (Å²) >= 11 is 0. The first kappa shape index (κ1) is 35.3. The zero-order valence-electron chi connectivity index (χ0n) is 28.6. The molecule has 2 aromatic carbocycles. The standard InChI is InChI=1S/C20H17F2N3O2.C20H18FN3O2/c21-15-7-6-13(10-16(15)22)20(26)25-9-3-4-14(11-25)19-24-18(12-27-19)17-5-1-2-8-23-17;21-16-8-6-14(7-9-16)20(25)24-11-3-4-15(12-24)19-23-18(13-26-19)17-5-1-2-10-22-17/h1-2,5-8,10,12,14H,3-4,9,11H2;1-2,5-10,13,15H,3-4,11-12H2/t14-;15-/m00/s1. The highest BCUT2D eigenvalue weighted by molar-refractivity contribution is 5.94. The third-order valence-electron chi connectivity index (χ3n) is 9.27. The molecule has 0 saturated carbocycles. The van der Waals surface area contributed by atoms with E-state index in [0.29, 0.717) is 54.9 Å². The molecule has 4 aromatic heterocycles. The Balaban J connectivity index is 0.000000164. The van der Waals surface area contributed by atoms with E-state index in [1.807, 2.05) is 36.4 Å². The number of hydrogen-bond acceptors (Lipinski definition) is 8. The number of piperidine rings is 2. The smallest absolute Gasteiger partial charge is 0.253 e. The van der Waals surface area contributed by atoms with Crippen LogP contribution >= 0.6 is 0 Å². The van der Waals surface area contributed by atoms with Gasteiger partial charge in [0, 0.05) is 49.7 Å². The normalized spacial score (nSPS) is 17.2. The molecule has 0 bridgehead atoms. The lowest BCUT2D eigenvalue weighted by molar-refractivity contribution is 0.0690. The fraction of sp³-hybridized carbons (Fsp3) is 0.250. The molecule has 2 amide bonds. The van der Waals surface area contributed by atoms with Crippen LogP contribution < -0.4 is 0 Å². The third-order valence-corrected chi connectivity index (χ3v) is 9.27. The molecule has 13 heteroatoms. The number of carbonyl (C=O) groups excluding carboxylic acids is 2. The van der Waals surface area contributed by atoms with E-state index in [1.54, 1.807) is 34.7 Å². The van der Waals surface area contributed by atoms with Crippen molar-refractivity contribution >= 4 is 11.8 Å².